The fourth-order valence-corrected chi connectivity index (χ4v) is 3.27. The van der Waals surface area contributed by atoms with Crippen LogP contribution in [0.3, 0.4) is 0 Å². The summed E-state index contributed by atoms with van der Waals surface area (Å²) in [5, 5.41) is 6.94. The number of benzene rings is 2. The van der Waals surface area contributed by atoms with Crippen LogP contribution in [0, 0.1) is 13.8 Å². The summed E-state index contributed by atoms with van der Waals surface area (Å²) in [6.45, 7) is 15.0. The molecule has 0 spiro atoms. The van der Waals surface area contributed by atoms with Gasteiger partial charge in [0.05, 0.1) is 17.1 Å². The highest BCUT2D eigenvalue weighted by Crippen LogP contribution is 2.34. The summed E-state index contributed by atoms with van der Waals surface area (Å²) in [6.07, 6.45) is 0. The van der Waals surface area contributed by atoms with Gasteiger partial charge in [0.25, 0.3) is 6.47 Å². The van der Waals surface area contributed by atoms with Crippen molar-refractivity contribution in [2.45, 2.75) is 46.8 Å². The molecule has 3 rings (SSSR count). The Bertz CT molecular complexity index is 824. The van der Waals surface area contributed by atoms with E-state index in [4.69, 9.17) is 5.73 Å². The van der Waals surface area contributed by atoms with E-state index in [1.807, 2.05) is 20.8 Å². The molecule has 0 aromatic heterocycles. The minimum Gasteiger partial charge on any atom is -0.462 e. The van der Waals surface area contributed by atoms with E-state index in [0.29, 0.717) is 6.47 Å². The zero-order valence-corrected chi connectivity index (χ0v) is 18.9. The van der Waals surface area contributed by atoms with Gasteiger partial charge in [-0.05, 0) is 57.4 Å². The van der Waals surface area contributed by atoms with Gasteiger partial charge in [-0.3, -0.25) is 4.79 Å². The SMILES string of the molecule is CC(C)(C)OC=O.Cc1ccccc1CNc1c(C)ccc(N2CCNCC2)c1N. The topological polar surface area (TPSA) is 79.6 Å². The minimum absolute atomic E-state index is 0.318. The van der Waals surface area contributed by atoms with Gasteiger partial charge < -0.3 is 26.0 Å². The number of piperazine rings is 1. The van der Waals surface area contributed by atoms with E-state index in [2.05, 4.69) is 70.5 Å². The fourth-order valence-electron chi connectivity index (χ4n) is 3.27. The highest BCUT2D eigenvalue weighted by Gasteiger charge is 2.16. The first kappa shape index (κ1) is 23.5. The van der Waals surface area contributed by atoms with Gasteiger partial charge in [-0.15, -0.1) is 0 Å². The molecule has 2 aromatic carbocycles. The van der Waals surface area contributed by atoms with Crippen molar-refractivity contribution in [1.29, 1.82) is 0 Å². The van der Waals surface area contributed by atoms with E-state index in [0.717, 1.165) is 49.8 Å². The van der Waals surface area contributed by atoms with E-state index >= 15 is 0 Å². The Morgan fingerprint density at radius 1 is 1.10 bits per heavy atom. The summed E-state index contributed by atoms with van der Waals surface area (Å²) in [6, 6.07) is 12.8. The van der Waals surface area contributed by atoms with Gasteiger partial charge in [-0.1, -0.05) is 30.3 Å². The van der Waals surface area contributed by atoms with Gasteiger partial charge in [0, 0.05) is 32.7 Å². The van der Waals surface area contributed by atoms with E-state index < -0.39 is 0 Å². The maximum Gasteiger partial charge on any atom is 0.293 e. The molecule has 0 bridgehead atoms. The molecule has 0 unspecified atom stereocenters. The van der Waals surface area contributed by atoms with Crippen LogP contribution in [-0.2, 0) is 16.1 Å². The summed E-state index contributed by atoms with van der Waals surface area (Å²) in [5.41, 5.74) is 13.0. The predicted octanol–water partition coefficient (Wildman–Crippen LogP) is 3.87. The van der Waals surface area contributed by atoms with Gasteiger partial charge in [0.2, 0.25) is 0 Å². The molecule has 1 aliphatic rings. The van der Waals surface area contributed by atoms with Gasteiger partial charge >= 0.3 is 0 Å². The van der Waals surface area contributed by atoms with E-state index in [1.54, 1.807) is 0 Å². The van der Waals surface area contributed by atoms with Crippen molar-refractivity contribution in [3.63, 3.8) is 0 Å². The summed E-state index contributed by atoms with van der Waals surface area (Å²) < 4.78 is 4.55. The summed E-state index contributed by atoms with van der Waals surface area (Å²) in [5.74, 6) is 0. The monoisotopic (exact) mass is 412 g/mol. The third kappa shape index (κ3) is 6.95. The minimum atomic E-state index is -0.318. The Balaban J connectivity index is 0.000000396. The molecule has 0 radical (unpaired) electrons. The van der Waals surface area contributed by atoms with Crippen LogP contribution < -0.4 is 21.3 Å². The van der Waals surface area contributed by atoms with Gasteiger partial charge in [0.1, 0.15) is 5.60 Å². The van der Waals surface area contributed by atoms with E-state index in [1.165, 1.54) is 16.7 Å². The number of nitrogens with zero attached hydrogens (tertiary/aromatic N) is 1. The average molecular weight is 413 g/mol. The predicted molar refractivity (Wildman–Crippen MR) is 126 cm³/mol. The van der Waals surface area contributed by atoms with Crippen LogP contribution in [-0.4, -0.2) is 38.3 Å². The molecule has 164 valence electrons. The van der Waals surface area contributed by atoms with Crippen molar-refractivity contribution >= 4 is 23.5 Å². The molecule has 1 heterocycles. The Hall–Kier alpha value is -2.73. The fraction of sp³-hybridized carbons (Fsp3) is 0.458. The summed E-state index contributed by atoms with van der Waals surface area (Å²) in [7, 11) is 0. The van der Waals surface area contributed by atoms with Crippen LogP contribution in [0.5, 0.6) is 0 Å². The lowest BCUT2D eigenvalue weighted by atomic mass is 10.1. The largest absolute Gasteiger partial charge is 0.462 e. The third-order valence-electron chi connectivity index (χ3n) is 5.01. The smallest absolute Gasteiger partial charge is 0.293 e. The van der Waals surface area contributed by atoms with E-state index in [9.17, 15) is 4.79 Å². The molecular formula is C24H36N4O2. The van der Waals surface area contributed by atoms with Gasteiger partial charge in [-0.2, -0.15) is 0 Å². The Morgan fingerprint density at radius 2 is 1.77 bits per heavy atom. The van der Waals surface area contributed by atoms with Crippen LogP contribution >= 0.6 is 0 Å². The molecule has 1 aliphatic heterocycles. The number of nitrogens with one attached hydrogen (secondary N) is 2. The highest BCUT2D eigenvalue weighted by atomic mass is 16.5. The number of carbonyl (C=O) groups excluding carboxylic acids is 1. The van der Waals surface area contributed by atoms with Crippen LogP contribution in [0.2, 0.25) is 0 Å². The van der Waals surface area contributed by atoms with Crippen molar-refractivity contribution < 1.29 is 9.53 Å². The molecule has 1 fully saturated rings. The molecule has 6 heteroatoms. The number of anilines is 3. The number of hydrogen-bond donors (Lipinski definition) is 3. The maximum absolute atomic E-state index is 9.60. The molecule has 1 saturated heterocycles. The molecule has 4 N–H and O–H groups in total. The standard InChI is InChI=1S/C19H26N4.C5H10O2/c1-14-5-3-4-6-16(14)13-22-19-15(2)7-8-17(18(19)20)23-11-9-21-10-12-23;1-5(2,3)7-4-6/h3-8,21-22H,9-13,20H2,1-2H3;4H,1-3H3. The van der Waals surface area contributed by atoms with Crippen molar-refractivity contribution in [2.24, 2.45) is 0 Å². The molecule has 0 aliphatic carbocycles. The van der Waals surface area contributed by atoms with Crippen LogP contribution in [0.15, 0.2) is 36.4 Å². The Morgan fingerprint density at radius 3 is 2.33 bits per heavy atom. The van der Waals surface area contributed by atoms with Crippen molar-refractivity contribution in [3.8, 4) is 0 Å². The second kappa shape index (κ2) is 10.9. The molecule has 0 saturated carbocycles. The number of aryl methyl sites for hydroxylation is 2. The number of nitrogen functional groups attached to an aromatic ring is 1. The number of carbonyl (C=O) groups is 1. The van der Waals surface area contributed by atoms with E-state index in [-0.39, 0.29) is 5.60 Å². The maximum atomic E-state index is 9.60. The van der Waals surface area contributed by atoms with Crippen molar-refractivity contribution in [3.05, 3.63) is 53.1 Å². The molecule has 30 heavy (non-hydrogen) atoms. The van der Waals surface area contributed by atoms with Crippen LogP contribution in [0.4, 0.5) is 17.1 Å². The number of ether oxygens (including phenoxy) is 1. The van der Waals surface area contributed by atoms with Crippen molar-refractivity contribution in [2.75, 3.05) is 42.1 Å². The zero-order chi connectivity index (χ0) is 22.1. The zero-order valence-electron chi connectivity index (χ0n) is 18.9. The first-order chi connectivity index (χ1) is 14.2. The lowest BCUT2D eigenvalue weighted by molar-refractivity contribution is -0.138. The quantitative estimate of drug-likeness (QED) is 0.511. The molecule has 0 atom stereocenters. The third-order valence-corrected chi connectivity index (χ3v) is 5.01. The number of nitrogens with two attached hydrogens (primary N) is 1. The lowest BCUT2D eigenvalue weighted by Crippen LogP contribution is -2.43. The molecule has 2 aromatic rings. The Labute approximate surface area is 180 Å². The molecule has 6 nitrogen and oxygen atoms in total. The first-order valence-electron chi connectivity index (χ1n) is 10.5. The summed E-state index contributed by atoms with van der Waals surface area (Å²) in [4.78, 5) is 12.0. The van der Waals surface area contributed by atoms with Crippen LogP contribution in [0.1, 0.15) is 37.5 Å². The molecule has 0 amide bonds. The van der Waals surface area contributed by atoms with Crippen LogP contribution in [0.25, 0.3) is 0 Å². The lowest BCUT2D eigenvalue weighted by Gasteiger charge is -2.31. The summed E-state index contributed by atoms with van der Waals surface area (Å²) >= 11 is 0. The normalized spacial score (nSPS) is 13.8. The van der Waals surface area contributed by atoms with Gasteiger partial charge in [-0.25, -0.2) is 0 Å². The number of hydrogen-bond acceptors (Lipinski definition) is 6. The second-order valence-electron chi connectivity index (χ2n) is 8.53. The van der Waals surface area contributed by atoms with Crippen molar-refractivity contribution in [1.82, 2.24) is 5.32 Å². The molecular weight excluding hydrogens is 376 g/mol. The average Bonchev–Trinajstić information content (AvgIpc) is 2.69. The second-order valence-corrected chi connectivity index (χ2v) is 8.53. The van der Waals surface area contributed by atoms with Gasteiger partial charge in [0.15, 0.2) is 0 Å². The Kier molecular flexibility index (Phi) is 8.54. The number of rotatable bonds is 5. The first-order valence-corrected chi connectivity index (χ1v) is 10.5. The highest BCUT2D eigenvalue weighted by molar-refractivity contribution is 5.83.